The molecule has 0 aromatic heterocycles. The van der Waals surface area contributed by atoms with E-state index in [0.717, 1.165) is 0 Å². The molecule has 0 saturated heterocycles. The van der Waals surface area contributed by atoms with Crippen LogP contribution in [0.4, 0.5) is 0 Å². The Hall–Kier alpha value is -1.56. The summed E-state index contributed by atoms with van der Waals surface area (Å²) in [6, 6.07) is 31.0. The molecule has 4 aromatic rings. The van der Waals surface area contributed by atoms with E-state index in [9.17, 15) is 0 Å². The summed E-state index contributed by atoms with van der Waals surface area (Å²) in [7, 11) is 0. The Labute approximate surface area is 141 Å². The predicted octanol–water partition coefficient (Wildman–Crippen LogP) is 3.27. The zero-order valence-electron chi connectivity index (χ0n) is 11.9. The van der Waals surface area contributed by atoms with Crippen molar-refractivity contribution in [2.24, 2.45) is 0 Å². The monoisotopic (exact) mass is 414 g/mol. The summed E-state index contributed by atoms with van der Waals surface area (Å²) in [5.74, 6) is 0. The minimum absolute atomic E-state index is 0.541. The summed E-state index contributed by atoms with van der Waals surface area (Å²) in [6.45, 7) is 0. The van der Waals surface area contributed by atoms with Gasteiger partial charge in [0, 0.05) is 0 Å². The zero-order chi connectivity index (χ0) is 14.8. The van der Waals surface area contributed by atoms with E-state index in [1.807, 2.05) is 0 Å². The second-order valence-electron chi connectivity index (χ2n) is 5.18. The van der Waals surface area contributed by atoms with Crippen LogP contribution in [0.1, 0.15) is 0 Å². The van der Waals surface area contributed by atoms with E-state index in [-0.39, 0.29) is 0 Å². The molecule has 0 aliphatic heterocycles. The summed E-state index contributed by atoms with van der Waals surface area (Å²) in [5, 5.41) is 5.38. The summed E-state index contributed by atoms with van der Waals surface area (Å²) in [5.41, 5.74) is 0. The molecule has 22 heavy (non-hydrogen) atoms. The van der Waals surface area contributed by atoms with Crippen molar-refractivity contribution < 1.29 is 0 Å². The van der Waals surface area contributed by atoms with Gasteiger partial charge in [0.1, 0.15) is 0 Å². The third-order valence-corrected chi connectivity index (χ3v) is 10.8. The van der Waals surface area contributed by atoms with Crippen molar-refractivity contribution in [2.75, 3.05) is 0 Å². The first-order chi connectivity index (χ1) is 10.9. The number of benzene rings is 4. The van der Waals surface area contributed by atoms with Crippen molar-refractivity contribution in [1.29, 1.82) is 0 Å². The SMILES string of the molecule is c1ccc2cc([Se][Se]c3ccc4ccccc4c3)ccc2c1. The Morgan fingerprint density at radius 1 is 0.409 bits per heavy atom. The van der Waals surface area contributed by atoms with E-state index in [1.54, 1.807) is 0 Å². The van der Waals surface area contributed by atoms with Crippen LogP contribution in [-0.4, -0.2) is 26.3 Å². The molecule has 0 aliphatic carbocycles. The van der Waals surface area contributed by atoms with Crippen molar-refractivity contribution in [3.8, 4) is 0 Å². The van der Waals surface area contributed by atoms with Gasteiger partial charge in [0.15, 0.2) is 0 Å². The van der Waals surface area contributed by atoms with E-state index in [2.05, 4.69) is 84.9 Å². The molecule has 0 heterocycles. The van der Waals surface area contributed by atoms with Gasteiger partial charge in [-0.3, -0.25) is 0 Å². The van der Waals surface area contributed by atoms with Gasteiger partial charge in [-0.2, -0.15) is 0 Å². The Balaban J connectivity index is 1.57. The van der Waals surface area contributed by atoms with Crippen LogP contribution < -0.4 is 8.92 Å². The summed E-state index contributed by atoms with van der Waals surface area (Å²) in [4.78, 5) is 0. The molecule has 0 amide bonds. The van der Waals surface area contributed by atoms with Gasteiger partial charge in [-0.15, -0.1) is 0 Å². The van der Waals surface area contributed by atoms with E-state index in [1.165, 1.54) is 30.5 Å². The maximum atomic E-state index is 2.36. The van der Waals surface area contributed by atoms with Crippen LogP contribution in [0.5, 0.6) is 0 Å². The molecule has 4 aromatic carbocycles. The molecule has 0 fully saturated rings. The van der Waals surface area contributed by atoms with Gasteiger partial charge >= 0.3 is 142 Å². The maximum absolute atomic E-state index is 2.36. The third-order valence-electron chi connectivity index (χ3n) is 3.68. The third kappa shape index (κ3) is 2.97. The Morgan fingerprint density at radius 2 is 0.818 bits per heavy atom. The molecule has 0 atom stereocenters. The Kier molecular flexibility index (Phi) is 4.01. The average molecular weight is 412 g/mol. The molecule has 0 aliphatic rings. The predicted molar refractivity (Wildman–Crippen MR) is 98.7 cm³/mol. The van der Waals surface area contributed by atoms with Crippen LogP contribution in [0.25, 0.3) is 21.5 Å². The summed E-state index contributed by atoms with van der Waals surface area (Å²) < 4.78 is 3.00. The summed E-state index contributed by atoms with van der Waals surface area (Å²) in [6.07, 6.45) is 0. The molecule has 0 unspecified atom stereocenters. The fraction of sp³-hybridized carbons (Fsp3) is 0. The number of fused-ring (bicyclic) bond motifs is 2. The van der Waals surface area contributed by atoms with Crippen LogP contribution in [0, 0.1) is 0 Å². The molecule has 0 nitrogen and oxygen atoms in total. The quantitative estimate of drug-likeness (QED) is 0.454. The Bertz CT molecular complexity index is 865. The van der Waals surface area contributed by atoms with E-state index >= 15 is 0 Å². The van der Waals surface area contributed by atoms with Crippen LogP contribution in [0.3, 0.4) is 0 Å². The van der Waals surface area contributed by atoms with E-state index in [0.29, 0.717) is 26.3 Å². The topological polar surface area (TPSA) is 0 Å². The van der Waals surface area contributed by atoms with Crippen LogP contribution in [0.2, 0.25) is 0 Å². The van der Waals surface area contributed by atoms with Crippen LogP contribution in [-0.2, 0) is 0 Å². The van der Waals surface area contributed by atoms with Crippen LogP contribution in [0.15, 0.2) is 84.9 Å². The fourth-order valence-electron chi connectivity index (χ4n) is 2.53. The first kappa shape index (κ1) is 14.1. The molecular formula is C20H14Se2. The van der Waals surface area contributed by atoms with Crippen molar-refractivity contribution >= 4 is 56.7 Å². The normalized spacial score (nSPS) is 11.1. The standard InChI is InChI=1S/C20H14Se2/c1-3-7-17-13-19(11-9-15(17)5-1)21-22-20-12-10-16-6-2-4-8-18(16)14-20/h1-14H. The van der Waals surface area contributed by atoms with Gasteiger partial charge in [0.2, 0.25) is 0 Å². The number of hydrogen-bond acceptors (Lipinski definition) is 0. The molecule has 4 rings (SSSR count). The molecule has 0 radical (unpaired) electrons. The van der Waals surface area contributed by atoms with Gasteiger partial charge < -0.3 is 0 Å². The summed E-state index contributed by atoms with van der Waals surface area (Å²) >= 11 is 1.08. The second-order valence-corrected chi connectivity index (χ2v) is 11.5. The molecule has 2 heteroatoms. The molecule has 106 valence electrons. The van der Waals surface area contributed by atoms with E-state index in [4.69, 9.17) is 0 Å². The van der Waals surface area contributed by atoms with Gasteiger partial charge in [0.25, 0.3) is 0 Å². The van der Waals surface area contributed by atoms with Gasteiger partial charge in [-0.1, -0.05) is 0 Å². The minimum atomic E-state index is 0.541. The molecule has 0 bridgehead atoms. The van der Waals surface area contributed by atoms with Crippen molar-refractivity contribution in [1.82, 2.24) is 0 Å². The van der Waals surface area contributed by atoms with Crippen molar-refractivity contribution in [3.05, 3.63) is 84.9 Å². The van der Waals surface area contributed by atoms with Gasteiger partial charge in [-0.25, -0.2) is 0 Å². The van der Waals surface area contributed by atoms with Crippen LogP contribution >= 0.6 is 0 Å². The fourth-order valence-corrected chi connectivity index (χ4v) is 8.55. The molecule has 0 spiro atoms. The molecular weight excluding hydrogens is 398 g/mol. The Morgan fingerprint density at radius 3 is 1.27 bits per heavy atom. The van der Waals surface area contributed by atoms with Gasteiger partial charge in [-0.05, 0) is 0 Å². The first-order valence-corrected chi connectivity index (χ1v) is 13.3. The second kappa shape index (κ2) is 6.28. The van der Waals surface area contributed by atoms with Crippen molar-refractivity contribution in [3.63, 3.8) is 0 Å². The molecule has 0 N–H and O–H groups in total. The zero-order valence-corrected chi connectivity index (χ0v) is 15.3. The van der Waals surface area contributed by atoms with Gasteiger partial charge in [0.05, 0.1) is 0 Å². The number of hydrogen-bond donors (Lipinski definition) is 0. The average Bonchev–Trinajstić information content (AvgIpc) is 2.59. The van der Waals surface area contributed by atoms with E-state index < -0.39 is 0 Å². The number of rotatable bonds is 3. The first-order valence-electron chi connectivity index (χ1n) is 7.21. The van der Waals surface area contributed by atoms with Crippen molar-refractivity contribution in [2.45, 2.75) is 0 Å². The molecule has 0 saturated carbocycles.